The summed E-state index contributed by atoms with van der Waals surface area (Å²) in [6, 6.07) is 11.4. The molecule has 27 heavy (non-hydrogen) atoms. The Morgan fingerprint density at radius 1 is 1.22 bits per heavy atom. The molecule has 0 fully saturated rings. The Morgan fingerprint density at radius 3 is 2.44 bits per heavy atom. The van der Waals surface area contributed by atoms with E-state index in [1.165, 1.54) is 17.4 Å². The highest BCUT2D eigenvalue weighted by molar-refractivity contribution is 9.10. The number of likely N-dealkylation sites (N-methyl/N-ethyl adjacent to an activating group) is 1. The summed E-state index contributed by atoms with van der Waals surface area (Å²) in [5.41, 5.74) is 0.900. The molecule has 0 aliphatic carbocycles. The van der Waals surface area contributed by atoms with Crippen LogP contribution in [0.1, 0.15) is 20.3 Å². The number of rotatable bonds is 8. The topological polar surface area (TPSA) is 49.4 Å². The van der Waals surface area contributed by atoms with Crippen LogP contribution in [0.25, 0.3) is 0 Å². The lowest BCUT2D eigenvalue weighted by Gasteiger charge is -2.29. The molecule has 0 aliphatic rings. The van der Waals surface area contributed by atoms with E-state index in [4.69, 9.17) is 11.6 Å². The standard InChI is InChI=1S/C19H23BrClFN2O2S/c1-13(2)9-15(12-23-14-7-5-4-6-8-14)24(3)27(25,26)19-10-16(20)17(21)11-18(19)22/h4-8,10-11,13,15,23H,9,12H2,1-3H3/t15-/m1/s1. The third-order valence-corrected chi connectivity index (χ3v) is 7.33. The maximum atomic E-state index is 14.3. The monoisotopic (exact) mass is 476 g/mol. The minimum atomic E-state index is -4.03. The van der Waals surface area contributed by atoms with Crippen molar-refractivity contribution in [3.8, 4) is 0 Å². The third-order valence-electron chi connectivity index (χ3n) is 4.21. The minimum Gasteiger partial charge on any atom is -0.383 e. The summed E-state index contributed by atoms with van der Waals surface area (Å²) in [4.78, 5) is -0.394. The van der Waals surface area contributed by atoms with Gasteiger partial charge in [-0.1, -0.05) is 43.6 Å². The van der Waals surface area contributed by atoms with Crippen molar-refractivity contribution in [2.75, 3.05) is 18.9 Å². The Hall–Kier alpha value is -1.15. The second-order valence-electron chi connectivity index (χ2n) is 6.75. The predicted octanol–water partition coefficient (Wildman–Crippen LogP) is 5.39. The Balaban J connectivity index is 2.30. The molecule has 2 rings (SSSR count). The molecular weight excluding hydrogens is 455 g/mol. The van der Waals surface area contributed by atoms with Crippen molar-refractivity contribution in [3.05, 3.63) is 57.8 Å². The molecule has 0 spiro atoms. The molecule has 8 heteroatoms. The van der Waals surface area contributed by atoms with Crippen LogP contribution in [-0.4, -0.2) is 32.4 Å². The molecule has 4 nitrogen and oxygen atoms in total. The number of hydrogen-bond donors (Lipinski definition) is 1. The summed E-state index contributed by atoms with van der Waals surface area (Å²) in [5.74, 6) is -0.596. The van der Waals surface area contributed by atoms with Gasteiger partial charge in [-0.05, 0) is 52.5 Å². The molecule has 0 amide bonds. The van der Waals surface area contributed by atoms with Crippen molar-refractivity contribution in [2.45, 2.75) is 31.2 Å². The largest absolute Gasteiger partial charge is 0.383 e. The van der Waals surface area contributed by atoms with E-state index >= 15 is 0 Å². The quantitative estimate of drug-likeness (QED) is 0.519. The number of benzene rings is 2. The summed E-state index contributed by atoms with van der Waals surface area (Å²) in [7, 11) is -2.55. The number of sulfonamides is 1. The lowest BCUT2D eigenvalue weighted by molar-refractivity contribution is 0.327. The third kappa shape index (κ3) is 5.67. The maximum absolute atomic E-state index is 14.3. The second-order valence-corrected chi connectivity index (χ2v) is 9.98. The first kappa shape index (κ1) is 22.1. The minimum absolute atomic E-state index is 0.124. The highest BCUT2D eigenvalue weighted by Crippen LogP contribution is 2.30. The van der Waals surface area contributed by atoms with Gasteiger partial charge in [-0.25, -0.2) is 12.8 Å². The van der Waals surface area contributed by atoms with Gasteiger partial charge in [0.15, 0.2) is 0 Å². The van der Waals surface area contributed by atoms with Crippen LogP contribution in [-0.2, 0) is 10.0 Å². The van der Waals surface area contributed by atoms with E-state index in [0.29, 0.717) is 17.4 Å². The molecule has 1 N–H and O–H groups in total. The molecule has 0 aliphatic heterocycles. The van der Waals surface area contributed by atoms with E-state index in [9.17, 15) is 12.8 Å². The molecule has 0 bridgehead atoms. The first-order valence-electron chi connectivity index (χ1n) is 8.54. The molecule has 0 aromatic heterocycles. The van der Waals surface area contributed by atoms with Gasteiger partial charge in [-0.2, -0.15) is 4.31 Å². The van der Waals surface area contributed by atoms with E-state index in [1.807, 2.05) is 44.2 Å². The molecule has 0 saturated heterocycles. The zero-order valence-electron chi connectivity index (χ0n) is 15.4. The lowest BCUT2D eigenvalue weighted by Crippen LogP contribution is -2.42. The van der Waals surface area contributed by atoms with Crippen molar-refractivity contribution >= 4 is 43.2 Å². The molecule has 0 heterocycles. The average molecular weight is 478 g/mol. The zero-order valence-corrected chi connectivity index (χ0v) is 18.6. The SMILES string of the molecule is CC(C)C[C@H](CNc1ccccc1)N(C)S(=O)(=O)c1cc(Br)c(Cl)cc1F. The van der Waals surface area contributed by atoms with Gasteiger partial charge in [-0.3, -0.25) is 0 Å². The lowest BCUT2D eigenvalue weighted by atomic mass is 10.0. The van der Waals surface area contributed by atoms with Gasteiger partial charge < -0.3 is 5.32 Å². The highest BCUT2D eigenvalue weighted by atomic mass is 79.9. The number of halogens is 3. The Morgan fingerprint density at radius 2 is 1.85 bits per heavy atom. The summed E-state index contributed by atoms with van der Waals surface area (Å²) in [6.45, 7) is 4.46. The van der Waals surface area contributed by atoms with Gasteiger partial charge in [0.2, 0.25) is 10.0 Å². The normalized spacial score (nSPS) is 13.2. The van der Waals surface area contributed by atoms with E-state index in [1.54, 1.807) is 0 Å². The average Bonchev–Trinajstić information content (AvgIpc) is 2.61. The predicted molar refractivity (Wildman–Crippen MR) is 112 cm³/mol. The fourth-order valence-corrected chi connectivity index (χ4v) is 4.83. The smallest absolute Gasteiger partial charge is 0.246 e. The van der Waals surface area contributed by atoms with Gasteiger partial charge in [0.25, 0.3) is 0 Å². The van der Waals surface area contributed by atoms with Crippen LogP contribution in [0.4, 0.5) is 10.1 Å². The fourth-order valence-electron chi connectivity index (χ4n) is 2.75. The molecular formula is C19H23BrClFN2O2S. The van der Waals surface area contributed by atoms with Gasteiger partial charge in [-0.15, -0.1) is 0 Å². The molecule has 0 unspecified atom stereocenters. The zero-order chi connectivity index (χ0) is 20.2. The highest BCUT2D eigenvalue weighted by Gasteiger charge is 2.31. The first-order valence-corrected chi connectivity index (χ1v) is 11.2. The Kier molecular flexibility index (Phi) is 7.68. The Labute approximate surface area is 173 Å². The van der Waals surface area contributed by atoms with Crippen LogP contribution in [0.15, 0.2) is 51.8 Å². The van der Waals surface area contributed by atoms with Crippen LogP contribution in [0.5, 0.6) is 0 Å². The van der Waals surface area contributed by atoms with Gasteiger partial charge >= 0.3 is 0 Å². The second kappa shape index (κ2) is 9.37. The van der Waals surface area contributed by atoms with Crippen LogP contribution in [0, 0.1) is 11.7 Å². The van der Waals surface area contributed by atoms with Crippen molar-refractivity contribution in [1.29, 1.82) is 0 Å². The van der Waals surface area contributed by atoms with Crippen LogP contribution in [0.3, 0.4) is 0 Å². The summed E-state index contributed by atoms with van der Waals surface area (Å²) < 4.78 is 42.0. The molecule has 2 aromatic rings. The van der Waals surface area contributed by atoms with E-state index < -0.39 is 20.7 Å². The van der Waals surface area contributed by atoms with E-state index in [-0.39, 0.29) is 17.0 Å². The number of anilines is 1. The summed E-state index contributed by atoms with van der Waals surface area (Å²) in [6.07, 6.45) is 0.631. The van der Waals surface area contributed by atoms with E-state index in [2.05, 4.69) is 21.2 Å². The van der Waals surface area contributed by atoms with Crippen LogP contribution < -0.4 is 5.32 Å². The fraction of sp³-hybridized carbons (Fsp3) is 0.368. The van der Waals surface area contributed by atoms with Crippen LogP contribution >= 0.6 is 27.5 Å². The molecule has 148 valence electrons. The summed E-state index contributed by atoms with van der Waals surface area (Å²) >= 11 is 9.03. The maximum Gasteiger partial charge on any atom is 0.246 e. The molecule has 1 atom stereocenters. The van der Waals surface area contributed by atoms with E-state index in [0.717, 1.165) is 11.8 Å². The number of nitrogens with one attached hydrogen (secondary N) is 1. The molecule has 0 saturated carbocycles. The number of para-hydroxylation sites is 1. The molecule has 2 aromatic carbocycles. The first-order chi connectivity index (χ1) is 12.6. The van der Waals surface area contributed by atoms with Crippen molar-refractivity contribution in [2.24, 2.45) is 5.92 Å². The van der Waals surface area contributed by atoms with Crippen molar-refractivity contribution in [1.82, 2.24) is 4.31 Å². The van der Waals surface area contributed by atoms with Gasteiger partial charge in [0.05, 0.1) is 5.02 Å². The summed E-state index contributed by atoms with van der Waals surface area (Å²) in [5, 5.41) is 3.38. The number of hydrogen-bond acceptors (Lipinski definition) is 3. The Bertz CT molecular complexity index is 879. The van der Waals surface area contributed by atoms with Crippen molar-refractivity contribution in [3.63, 3.8) is 0 Å². The van der Waals surface area contributed by atoms with Gasteiger partial charge in [0.1, 0.15) is 10.7 Å². The van der Waals surface area contributed by atoms with Crippen molar-refractivity contribution < 1.29 is 12.8 Å². The van der Waals surface area contributed by atoms with Gasteiger partial charge in [0, 0.05) is 29.8 Å². The number of nitrogens with zero attached hydrogens (tertiary/aromatic N) is 1. The molecule has 0 radical (unpaired) electrons. The van der Waals surface area contributed by atoms with Crippen LogP contribution in [0.2, 0.25) is 5.02 Å².